The van der Waals surface area contributed by atoms with Gasteiger partial charge in [-0.3, -0.25) is 4.90 Å². The molecule has 0 radical (unpaired) electrons. The van der Waals surface area contributed by atoms with Crippen LogP contribution < -0.4 is 15.5 Å². The number of hydrogen-bond acceptors (Lipinski definition) is 5. The highest BCUT2D eigenvalue weighted by Crippen LogP contribution is 2.28. The number of anilines is 3. The number of rotatable bonds is 4. The van der Waals surface area contributed by atoms with Gasteiger partial charge in [0.15, 0.2) is 0 Å². The largest absolute Gasteiger partial charge is 0.490 e. The fourth-order valence-corrected chi connectivity index (χ4v) is 4.46. The van der Waals surface area contributed by atoms with Gasteiger partial charge >= 0.3 is 18.2 Å². The Bertz CT molecular complexity index is 1100. The first kappa shape index (κ1) is 26.8. The molecule has 3 N–H and O–H groups in total. The van der Waals surface area contributed by atoms with Crippen molar-refractivity contribution < 1.29 is 27.9 Å². The van der Waals surface area contributed by atoms with E-state index in [0.29, 0.717) is 23.3 Å². The van der Waals surface area contributed by atoms with Crippen LogP contribution in [-0.4, -0.2) is 59.9 Å². The number of nitrogens with zero attached hydrogens (tertiary/aromatic N) is 3. The molecule has 2 fully saturated rings. The van der Waals surface area contributed by atoms with Crippen LogP contribution >= 0.6 is 0 Å². The lowest BCUT2D eigenvalue weighted by molar-refractivity contribution is -0.192. The average Bonchev–Trinajstić information content (AvgIpc) is 3.48. The number of carbonyl (C=O) groups excluding carboxylic acids is 1. The number of carboxylic acids is 1. The maximum atomic E-state index is 12.2. The van der Waals surface area contributed by atoms with Crippen LogP contribution in [0.25, 0.3) is 0 Å². The van der Waals surface area contributed by atoms with Crippen molar-refractivity contribution in [2.75, 3.05) is 35.2 Å². The highest BCUT2D eigenvalue weighted by atomic mass is 19.4. The average molecular weight is 504 g/mol. The van der Waals surface area contributed by atoms with Gasteiger partial charge in [-0.15, -0.1) is 0 Å². The Morgan fingerprint density at radius 1 is 1.06 bits per heavy atom. The highest BCUT2D eigenvalue weighted by Gasteiger charge is 2.38. The van der Waals surface area contributed by atoms with Gasteiger partial charge in [0.05, 0.1) is 11.6 Å². The molecule has 2 amide bonds. The molecule has 0 aromatic heterocycles. The number of aliphatic carboxylic acids is 1. The molecule has 36 heavy (non-hydrogen) atoms. The van der Waals surface area contributed by atoms with Gasteiger partial charge in [0, 0.05) is 42.2 Å². The number of carboxylic acid groups (broad SMARTS) is 1. The topological polar surface area (TPSA) is 109 Å². The summed E-state index contributed by atoms with van der Waals surface area (Å²) in [6.45, 7) is 5.73. The van der Waals surface area contributed by atoms with Gasteiger partial charge in [0.25, 0.3) is 0 Å². The van der Waals surface area contributed by atoms with E-state index < -0.39 is 12.1 Å². The fourth-order valence-electron chi connectivity index (χ4n) is 4.46. The molecule has 2 aliphatic rings. The van der Waals surface area contributed by atoms with Crippen LogP contribution in [0, 0.1) is 11.3 Å². The van der Waals surface area contributed by atoms with Gasteiger partial charge in [-0.25, -0.2) is 9.59 Å². The Hall–Kier alpha value is -3.78. The van der Waals surface area contributed by atoms with E-state index in [1.165, 1.54) is 31.5 Å². The Balaban J connectivity index is 0.000000454. The summed E-state index contributed by atoms with van der Waals surface area (Å²) >= 11 is 0. The fraction of sp³-hybridized carbons (Fsp3) is 0.400. The number of nitriles is 1. The maximum absolute atomic E-state index is 12.2. The smallest absolute Gasteiger partial charge is 0.475 e. The van der Waals surface area contributed by atoms with Crippen LogP contribution in [0.15, 0.2) is 48.5 Å². The molecular formula is C25H28F3N5O3. The third-order valence-corrected chi connectivity index (χ3v) is 6.22. The molecule has 2 aromatic rings. The van der Waals surface area contributed by atoms with Crippen molar-refractivity contribution >= 4 is 29.1 Å². The second-order valence-electron chi connectivity index (χ2n) is 8.74. The van der Waals surface area contributed by atoms with Crippen molar-refractivity contribution in [3.63, 3.8) is 0 Å². The minimum absolute atomic E-state index is 0.322. The lowest BCUT2D eigenvalue weighted by atomic mass is 10.2. The number of urea groups is 1. The van der Waals surface area contributed by atoms with E-state index in [1.54, 1.807) is 24.3 Å². The Morgan fingerprint density at radius 2 is 1.72 bits per heavy atom. The van der Waals surface area contributed by atoms with Gasteiger partial charge < -0.3 is 20.6 Å². The number of carbonyl (C=O) groups is 2. The van der Waals surface area contributed by atoms with E-state index in [0.717, 1.165) is 18.8 Å². The quantitative estimate of drug-likeness (QED) is 0.548. The molecule has 0 bridgehead atoms. The second-order valence-corrected chi connectivity index (χ2v) is 8.74. The van der Waals surface area contributed by atoms with Crippen molar-refractivity contribution in [2.24, 2.45) is 0 Å². The number of hydrogen-bond donors (Lipinski definition) is 3. The summed E-state index contributed by atoms with van der Waals surface area (Å²) in [6, 6.07) is 18.0. The molecule has 0 saturated carbocycles. The number of benzene rings is 2. The first-order valence-corrected chi connectivity index (χ1v) is 11.6. The van der Waals surface area contributed by atoms with Gasteiger partial charge in [0.1, 0.15) is 0 Å². The van der Waals surface area contributed by atoms with Crippen LogP contribution in [0.2, 0.25) is 0 Å². The zero-order valence-electron chi connectivity index (χ0n) is 19.8. The third kappa shape index (κ3) is 7.36. The summed E-state index contributed by atoms with van der Waals surface area (Å²) in [7, 11) is 0. The SMILES string of the molecule is CC1CCCN1C1CCN(c2ccc(NC(=O)Nc3cccc(C#N)c3)cc2)C1.O=C(O)C(F)(F)F. The van der Waals surface area contributed by atoms with E-state index in [-0.39, 0.29) is 6.03 Å². The predicted octanol–water partition coefficient (Wildman–Crippen LogP) is 4.90. The molecule has 11 heteroatoms. The van der Waals surface area contributed by atoms with Gasteiger partial charge in [-0.2, -0.15) is 18.4 Å². The molecule has 2 saturated heterocycles. The number of amides is 2. The number of nitrogens with one attached hydrogen (secondary N) is 2. The van der Waals surface area contributed by atoms with Crippen molar-refractivity contribution in [1.82, 2.24) is 4.90 Å². The molecule has 2 aromatic carbocycles. The zero-order valence-corrected chi connectivity index (χ0v) is 19.8. The van der Waals surface area contributed by atoms with E-state index in [2.05, 4.69) is 45.6 Å². The van der Waals surface area contributed by atoms with E-state index in [1.807, 2.05) is 12.1 Å². The van der Waals surface area contributed by atoms with Crippen molar-refractivity contribution in [3.8, 4) is 6.07 Å². The molecule has 8 nitrogen and oxygen atoms in total. The van der Waals surface area contributed by atoms with E-state index in [4.69, 9.17) is 15.2 Å². The molecule has 0 aliphatic carbocycles. The molecule has 2 atom stereocenters. The molecular weight excluding hydrogens is 475 g/mol. The van der Waals surface area contributed by atoms with Crippen molar-refractivity contribution in [1.29, 1.82) is 5.26 Å². The third-order valence-electron chi connectivity index (χ3n) is 6.22. The maximum Gasteiger partial charge on any atom is 0.490 e. The summed E-state index contributed by atoms with van der Waals surface area (Å²) < 4.78 is 31.7. The minimum atomic E-state index is -5.08. The first-order chi connectivity index (χ1) is 17.1. The molecule has 192 valence electrons. The first-order valence-electron chi connectivity index (χ1n) is 11.6. The minimum Gasteiger partial charge on any atom is -0.475 e. The zero-order chi connectivity index (χ0) is 26.3. The van der Waals surface area contributed by atoms with Crippen molar-refractivity contribution in [2.45, 2.75) is 44.4 Å². The summed E-state index contributed by atoms with van der Waals surface area (Å²) in [4.78, 5) is 26.2. The number of alkyl halides is 3. The molecule has 2 unspecified atom stereocenters. The lowest BCUT2D eigenvalue weighted by Gasteiger charge is -2.28. The van der Waals surface area contributed by atoms with Gasteiger partial charge in [-0.1, -0.05) is 6.07 Å². The standard InChI is InChI=1S/C23H27N5O.C2HF3O2/c1-17-4-3-12-28(17)22-11-13-27(16-22)21-9-7-19(8-10-21)25-23(29)26-20-6-2-5-18(14-20)15-24;3-2(4,5)1(6)7/h2,5-10,14,17,22H,3-4,11-13,16H2,1H3,(H2,25,26,29);(H,6,7). The van der Waals surface area contributed by atoms with E-state index in [9.17, 15) is 18.0 Å². The summed E-state index contributed by atoms with van der Waals surface area (Å²) in [5, 5.41) is 21.7. The Morgan fingerprint density at radius 3 is 2.31 bits per heavy atom. The monoisotopic (exact) mass is 503 g/mol. The summed E-state index contributed by atoms with van der Waals surface area (Å²) in [6.07, 6.45) is -1.23. The number of likely N-dealkylation sites (tertiary alicyclic amines) is 1. The Kier molecular flexibility index (Phi) is 8.77. The lowest BCUT2D eigenvalue weighted by Crippen LogP contribution is -2.39. The van der Waals surface area contributed by atoms with Gasteiger partial charge in [-0.05, 0) is 75.2 Å². The van der Waals surface area contributed by atoms with Crippen molar-refractivity contribution in [3.05, 3.63) is 54.1 Å². The van der Waals surface area contributed by atoms with Gasteiger partial charge in [0.2, 0.25) is 0 Å². The van der Waals surface area contributed by atoms with Crippen LogP contribution in [0.5, 0.6) is 0 Å². The van der Waals surface area contributed by atoms with Crippen LogP contribution in [0.4, 0.5) is 35.0 Å². The van der Waals surface area contributed by atoms with Crippen LogP contribution in [-0.2, 0) is 4.79 Å². The summed E-state index contributed by atoms with van der Waals surface area (Å²) in [5.41, 5.74) is 3.05. The normalized spacial score (nSPS) is 19.7. The molecule has 2 aliphatic heterocycles. The second kappa shape index (κ2) is 11.8. The Labute approximate surface area is 207 Å². The predicted molar refractivity (Wildman–Crippen MR) is 130 cm³/mol. The summed E-state index contributed by atoms with van der Waals surface area (Å²) in [5.74, 6) is -2.76. The molecule has 0 spiro atoms. The van der Waals surface area contributed by atoms with Crippen LogP contribution in [0.3, 0.4) is 0 Å². The molecule has 4 rings (SSSR count). The number of halogens is 3. The van der Waals surface area contributed by atoms with Crippen LogP contribution in [0.1, 0.15) is 31.7 Å². The van der Waals surface area contributed by atoms with E-state index >= 15 is 0 Å². The highest BCUT2D eigenvalue weighted by molar-refractivity contribution is 5.99. The molecule has 2 heterocycles.